The number of ether oxygens (including phenoxy) is 3. The summed E-state index contributed by atoms with van der Waals surface area (Å²) in [6, 6.07) is 4.29. The second kappa shape index (κ2) is 13.8. The number of methoxy groups -OCH3 is 2. The summed E-state index contributed by atoms with van der Waals surface area (Å²) in [5, 5.41) is 0. The molecular formula is C33H49NO5. The largest absolute Gasteiger partial charge is 0.493 e. The van der Waals surface area contributed by atoms with Crippen LogP contribution in [0.5, 0.6) is 11.5 Å². The first-order chi connectivity index (χ1) is 18.9. The fourth-order valence-corrected chi connectivity index (χ4v) is 7.21. The van der Waals surface area contributed by atoms with E-state index in [9.17, 15) is 9.59 Å². The molecule has 0 saturated carbocycles. The first-order valence-corrected chi connectivity index (χ1v) is 15.4. The molecule has 1 aliphatic heterocycles. The van der Waals surface area contributed by atoms with Gasteiger partial charge in [0.2, 0.25) is 0 Å². The van der Waals surface area contributed by atoms with E-state index >= 15 is 0 Å². The number of hydrogen-bond acceptors (Lipinski definition) is 6. The monoisotopic (exact) mass is 539 g/mol. The minimum absolute atomic E-state index is 0.0194. The summed E-state index contributed by atoms with van der Waals surface area (Å²) in [5.74, 6) is 1.48. The Labute approximate surface area is 235 Å². The number of unbranched alkanes of at least 4 members (excludes halogenated alkanes) is 10. The van der Waals surface area contributed by atoms with Crippen LogP contribution >= 0.6 is 0 Å². The number of esters is 1. The molecule has 39 heavy (non-hydrogen) atoms. The predicted octanol–water partition coefficient (Wildman–Crippen LogP) is 6.92. The Morgan fingerprint density at radius 2 is 1.64 bits per heavy atom. The molecule has 4 rings (SSSR count). The molecule has 1 aromatic rings. The summed E-state index contributed by atoms with van der Waals surface area (Å²) in [6.45, 7) is 3.15. The summed E-state index contributed by atoms with van der Waals surface area (Å²) in [4.78, 5) is 28.6. The van der Waals surface area contributed by atoms with Gasteiger partial charge in [-0.2, -0.15) is 0 Å². The van der Waals surface area contributed by atoms with E-state index in [1.807, 2.05) is 12.1 Å². The van der Waals surface area contributed by atoms with Gasteiger partial charge in [0.1, 0.15) is 0 Å². The zero-order chi connectivity index (χ0) is 27.8. The molecule has 0 aromatic heterocycles. The van der Waals surface area contributed by atoms with Crippen molar-refractivity contribution in [2.75, 3.05) is 27.8 Å². The van der Waals surface area contributed by atoms with Gasteiger partial charge in [0.25, 0.3) is 0 Å². The Kier molecular flexibility index (Phi) is 10.5. The van der Waals surface area contributed by atoms with E-state index in [2.05, 4.69) is 24.9 Å². The third-order valence-electron chi connectivity index (χ3n) is 9.39. The SMILES string of the molecule is CCCCCCCCCCCCCC(=O)Oc1c(OC)ccc2c1[C@]13CCN(C)[C@H](C2)[C@@H]1C=C(OC)C(=O)C3. The van der Waals surface area contributed by atoms with E-state index < -0.39 is 5.41 Å². The Bertz CT molecular complexity index is 1030. The number of carbonyl (C=O) groups is 2. The van der Waals surface area contributed by atoms with Crippen molar-refractivity contribution < 1.29 is 23.8 Å². The van der Waals surface area contributed by atoms with Crippen LogP contribution in [-0.2, 0) is 26.2 Å². The van der Waals surface area contributed by atoms with Crippen molar-refractivity contribution >= 4 is 11.8 Å². The van der Waals surface area contributed by atoms with Gasteiger partial charge >= 0.3 is 5.97 Å². The normalized spacial score (nSPS) is 24.0. The van der Waals surface area contributed by atoms with E-state index in [-0.39, 0.29) is 23.7 Å². The first kappa shape index (κ1) is 29.6. The van der Waals surface area contributed by atoms with Gasteiger partial charge in [-0.3, -0.25) is 9.59 Å². The molecular weight excluding hydrogens is 490 g/mol. The third-order valence-corrected chi connectivity index (χ3v) is 9.39. The van der Waals surface area contributed by atoms with Crippen LogP contribution in [0.15, 0.2) is 24.0 Å². The van der Waals surface area contributed by atoms with Gasteiger partial charge in [-0.25, -0.2) is 0 Å². The topological polar surface area (TPSA) is 65.1 Å². The maximum absolute atomic E-state index is 13.1. The highest BCUT2D eigenvalue weighted by atomic mass is 16.6. The minimum Gasteiger partial charge on any atom is -0.493 e. The Balaban J connectivity index is 1.41. The van der Waals surface area contributed by atoms with Crippen LogP contribution in [-0.4, -0.2) is 50.5 Å². The van der Waals surface area contributed by atoms with Crippen molar-refractivity contribution in [1.82, 2.24) is 4.90 Å². The number of carbonyl (C=O) groups excluding carboxylic acids is 2. The van der Waals surface area contributed by atoms with E-state index in [1.165, 1.54) is 57.8 Å². The Morgan fingerprint density at radius 1 is 0.974 bits per heavy atom. The number of rotatable bonds is 15. The number of likely N-dealkylation sites (tertiary alicyclic amines) is 1. The molecule has 0 spiro atoms. The maximum atomic E-state index is 13.1. The molecule has 1 saturated heterocycles. The van der Waals surface area contributed by atoms with Gasteiger partial charge in [0.15, 0.2) is 23.0 Å². The van der Waals surface area contributed by atoms with Crippen molar-refractivity contribution in [3.63, 3.8) is 0 Å². The number of nitrogens with zero attached hydrogens (tertiary/aromatic N) is 1. The number of allylic oxidation sites excluding steroid dienone is 1. The van der Waals surface area contributed by atoms with Gasteiger partial charge in [0.05, 0.1) is 14.2 Å². The van der Waals surface area contributed by atoms with Gasteiger partial charge in [-0.05, 0) is 50.6 Å². The Hall–Kier alpha value is -2.34. The highest BCUT2D eigenvalue weighted by molar-refractivity contribution is 5.96. The number of Topliss-reactive ketones (excluding diaryl/α,β-unsaturated/α-hetero) is 1. The molecule has 6 nitrogen and oxygen atoms in total. The molecule has 1 fully saturated rings. The van der Waals surface area contributed by atoms with Crippen LogP contribution in [0, 0.1) is 5.92 Å². The van der Waals surface area contributed by atoms with Crippen molar-refractivity contribution in [1.29, 1.82) is 0 Å². The standard InChI is InChI=1S/C33H49NO5/c1-5-6-7-8-9-10-11-12-13-14-15-16-30(36)39-32-28(37-3)18-17-24-21-26-25-22-29(38-4)27(35)23-33(25,31(24)32)19-20-34(26)2/h17-18,22,25-26H,5-16,19-21,23H2,1-4H3/t25-,26+,33-/m0/s1. The highest BCUT2D eigenvalue weighted by Crippen LogP contribution is 2.58. The van der Waals surface area contributed by atoms with Gasteiger partial charge in [0, 0.05) is 35.8 Å². The van der Waals surface area contributed by atoms with Crippen LogP contribution < -0.4 is 9.47 Å². The van der Waals surface area contributed by atoms with Crippen LogP contribution in [0.4, 0.5) is 0 Å². The molecule has 0 N–H and O–H groups in total. The van der Waals surface area contributed by atoms with Gasteiger partial charge in [-0.1, -0.05) is 77.2 Å². The van der Waals surface area contributed by atoms with Crippen molar-refractivity contribution in [3.8, 4) is 11.5 Å². The molecule has 2 aliphatic carbocycles. The van der Waals surface area contributed by atoms with Crippen molar-refractivity contribution in [2.24, 2.45) is 5.92 Å². The lowest BCUT2D eigenvalue weighted by Crippen LogP contribution is -2.60. The fraction of sp³-hybridized carbons (Fsp3) is 0.697. The first-order valence-electron chi connectivity index (χ1n) is 15.4. The second-order valence-electron chi connectivity index (χ2n) is 11.9. The molecule has 1 heterocycles. The van der Waals surface area contributed by atoms with E-state index in [0.717, 1.165) is 43.4 Å². The van der Waals surface area contributed by atoms with E-state index in [4.69, 9.17) is 14.2 Å². The van der Waals surface area contributed by atoms with Crippen LogP contribution in [0.25, 0.3) is 0 Å². The number of hydrogen-bond donors (Lipinski definition) is 0. The number of ketones is 1. The number of benzene rings is 1. The molecule has 6 heteroatoms. The van der Waals surface area contributed by atoms with Crippen LogP contribution in [0.3, 0.4) is 0 Å². The quantitative estimate of drug-likeness (QED) is 0.137. The zero-order valence-corrected chi connectivity index (χ0v) is 24.7. The summed E-state index contributed by atoms with van der Waals surface area (Å²) in [5.41, 5.74) is 1.75. The molecule has 3 atom stereocenters. The molecule has 0 amide bonds. The molecule has 3 aliphatic rings. The molecule has 0 unspecified atom stereocenters. The maximum Gasteiger partial charge on any atom is 0.311 e. The number of fused-ring (bicyclic) bond motifs is 1. The summed E-state index contributed by atoms with van der Waals surface area (Å²) < 4.78 is 17.3. The molecule has 0 radical (unpaired) electrons. The smallest absolute Gasteiger partial charge is 0.311 e. The van der Waals surface area contributed by atoms with Gasteiger partial charge < -0.3 is 19.1 Å². The van der Waals surface area contributed by atoms with Crippen molar-refractivity contribution in [2.45, 2.75) is 115 Å². The second-order valence-corrected chi connectivity index (χ2v) is 11.9. The van der Waals surface area contributed by atoms with Crippen LogP contribution in [0.1, 0.15) is 108 Å². The average Bonchev–Trinajstić information content (AvgIpc) is 2.93. The number of likely N-dealkylation sites (N-methyl/N-ethyl adjacent to an activating group) is 1. The Morgan fingerprint density at radius 3 is 2.28 bits per heavy atom. The lowest BCUT2D eigenvalue weighted by Gasteiger charge is -2.56. The predicted molar refractivity (Wildman–Crippen MR) is 154 cm³/mol. The zero-order valence-electron chi connectivity index (χ0n) is 24.7. The summed E-state index contributed by atoms with van der Waals surface area (Å²) >= 11 is 0. The van der Waals surface area contributed by atoms with Crippen LogP contribution in [0.2, 0.25) is 0 Å². The summed E-state index contributed by atoms with van der Waals surface area (Å²) in [7, 11) is 5.35. The van der Waals surface area contributed by atoms with Crippen molar-refractivity contribution in [3.05, 3.63) is 35.1 Å². The highest BCUT2D eigenvalue weighted by Gasteiger charge is 2.56. The molecule has 1 aromatic carbocycles. The summed E-state index contributed by atoms with van der Waals surface area (Å²) in [6.07, 6.45) is 18.1. The van der Waals surface area contributed by atoms with Gasteiger partial charge in [-0.15, -0.1) is 0 Å². The molecule has 216 valence electrons. The lowest BCUT2D eigenvalue weighted by atomic mass is 9.53. The third kappa shape index (κ3) is 6.53. The average molecular weight is 540 g/mol. The van der Waals surface area contributed by atoms with E-state index in [1.54, 1.807) is 14.2 Å². The lowest BCUT2D eigenvalue weighted by molar-refractivity contribution is -0.134. The van der Waals surface area contributed by atoms with E-state index in [0.29, 0.717) is 30.1 Å². The molecule has 2 bridgehead atoms. The number of piperidine rings is 1. The fourth-order valence-electron chi connectivity index (χ4n) is 7.21. The minimum atomic E-state index is -0.412.